The van der Waals surface area contributed by atoms with Crippen LogP contribution in [0.2, 0.25) is 10.0 Å². The fourth-order valence-corrected chi connectivity index (χ4v) is 3.00. The Morgan fingerprint density at radius 3 is 2.68 bits per heavy atom. The molecule has 5 nitrogen and oxygen atoms in total. The predicted octanol–water partition coefficient (Wildman–Crippen LogP) is 3.94. The summed E-state index contributed by atoms with van der Waals surface area (Å²) in [5.74, 6) is 0. The van der Waals surface area contributed by atoms with Crippen LogP contribution in [0.15, 0.2) is 52.0 Å². The van der Waals surface area contributed by atoms with Crippen LogP contribution in [0, 0.1) is 0 Å². The highest BCUT2D eigenvalue weighted by Gasteiger charge is 2.11. The van der Waals surface area contributed by atoms with Crippen molar-refractivity contribution in [3.05, 3.63) is 67.6 Å². The Kier molecular flexibility index (Phi) is 5.64. The molecule has 3 aromatic rings. The van der Waals surface area contributed by atoms with E-state index < -0.39 is 6.10 Å². The smallest absolute Gasteiger partial charge is 0.261 e. The van der Waals surface area contributed by atoms with Gasteiger partial charge in [-0.1, -0.05) is 23.2 Å². The van der Waals surface area contributed by atoms with E-state index in [2.05, 4.69) is 26.2 Å². The topological polar surface area (TPSA) is 67.2 Å². The van der Waals surface area contributed by atoms with Gasteiger partial charge in [-0.3, -0.25) is 9.36 Å². The van der Waals surface area contributed by atoms with Crippen molar-refractivity contribution in [2.45, 2.75) is 12.6 Å². The number of aromatic nitrogens is 2. The number of rotatable bonds is 5. The molecule has 0 aliphatic heterocycles. The summed E-state index contributed by atoms with van der Waals surface area (Å²) < 4.78 is 2.05. The first kappa shape index (κ1) is 18.2. The van der Waals surface area contributed by atoms with Crippen molar-refractivity contribution in [2.75, 3.05) is 11.9 Å². The highest BCUT2D eigenvalue weighted by Crippen LogP contribution is 2.25. The summed E-state index contributed by atoms with van der Waals surface area (Å²) in [6, 6.07) is 10.4. The van der Waals surface area contributed by atoms with Crippen LogP contribution in [0.25, 0.3) is 10.9 Å². The van der Waals surface area contributed by atoms with E-state index in [9.17, 15) is 9.90 Å². The first-order valence-corrected chi connectivity index (χ1v) is 9.00. The molecule has 0 aliphatic carbocycles. The second-order valence-corrected chi connectivity index (χ2v) is 7.23. The zero-order valence-electron chi connectivity index (χ0n) is 12.9. The maximum Gasteiger partial charge on any atom is 0.261 e. The van der Waals surface area contributed by atoms with Crippen molar-refractivity contribution in [3.63, 3.8) is 0 Å². The lowest BCUT2D eigenvalue weighted by molar-refractivity contribution is 0.165. The molecule has 25 heavy (non-hydrogen) atoms. The Bertz CT molecular complexity index is 961. The largest absolute Gasteiger partial charge is 0.389 e. The van der Waals surface area contributed by atoms with Crippen molar-refractivity contribution >= 4 is 55.7 Å². The van der Waals surface area contributed by atoms with E-state index in [-0.39, 0.29) is 18.6 Å². The van der Waals surface area contributed by atoms with E-state index in [0.29, 0.717) is 25.4 Å². The molecule has 1 heterocycles. The Morgan fingerprint density at radius 2 is 1.96 bits per heavy atom. The Hall–Kier alpha value is -1.60. The minimum absolute atomic E-state index is 0.121. The number of aliphatic hydroxyl groups is 1. The highest BCUT2D eigenvalue weighted by molar-refractivity contribution is 9.10. The first-order valence-electron chi connectivity index (χ1n) is 7.46. The summed E-state index contributed by atoms with van der Waals surface area (Å²) >= 11 is 15.2. The molecule has 0 fully saturated rings. The van der Waals surface area contributed by atoms with E-state index in [1.165, 1.54) is 10.9 Å². The van der Waals surface area contributed by atoms with Crippen molar-refractivity contribution in [2.24, 2.45) is 0 Å². The predicted molar refractivity (Wildman–Crippen MR) is 105 cm³/mol. The lowest BCUT2D eigenvalue weighted by Crippen LogP contribution is -2.31. The lowest BCUT2D eigenvalue weighted by atomic mass is 10.2. The molecule has 3 rings (SSSR count). The molecule has 0 amide bonds. The Balaban J connectivity index is 1.73. The highest BCUT2D eigenvalue weighted by atomic mass is 79.9. The molecule has 0 saturated carbocycles. The monoisotopic (exact) mass is 441 g/mol. The molecule has 0 spiro atoms. The number of hydrogen-bond acceptors (Lipinski definition) is 4. The molecular weight excluding hydrogens is 429 g/mol. The molecular formula is C17H14BrCl2N3O2. The SMILES string of the molecule is O=c1c2cc(Cl)c(Br)cc2ncn1CC(O)CNc1ccc(Cl)cc1. The molecule has 1 aromatic heterocycles. The van der Waals surface area contributed by atoms with Gasteiger partial charge in [0.15, 0.2) is 0 Å². The summed E-state index contributed by atoms with van der Waals surface area (Å²) in [5, 5.41) is 14.8. The molecule has 8 heteroatoms. The Morgan fingerprint density at radius 1 is 1.24 bits per heavy atom. The lowest BCUT2D eigenvalue weighted by Gasteiger charge is -2.14. The quantitative estimate of drug-likeness (QED) is 0.627. The number of halogens is 3. The van der Waals surface area contributed by atoms with Crippen LogP contribution in [-0.4, -0.2) is 27.3 Å². The second kappa shape index (κ2) is 7.74. The molecule has 0 bridgehead atoms. The fraction of sp³-hybridized carbons (Fsp3) is 0.176. The minimum Gasteiger partial charge on any atom is -0.389 e. The van der Waals surface area contributed by atoms with Gasteiger partial charge in [0, 0.05) is 21.7 Å². The number of anilines is 1. The molecule has 2 aromatic carbocycles. The maximum absolute atomic E-state index is 12.5. The van der Waals surface area contributed by atoms with Gasteiger partial charge >= 0.3 is 0 Å². The third kappa shape index (κ3) is 4.33. The molecule has 0 aliphatic rings. The summed E-state index contributed by atoms with van der Waals surface area (Å²) in [5.41, 5.74) is 1.14. The minimum atomic E-state index is -0.765. The van der Waals surface area contributed by atoms with Gasteiger partial charge in [0.25, 0.3) is 5.56 Å². The van der Waals surface area contributed by atoms with Crippen molar-refractivity contribution in [1.29, 1.82) is 0 Å². The molecule has 2 N–H and O–H groups in total. The van der Waals surface area contributed by atoms with Crippen LogP contribution in [0.4, 0.5) is 5.69 Å². The van der Waals surface area contributed by atoms with Gasteiger partial charge in [0.1, 0.15) is 0 Å². The van der Waals surface area contributed by atoms with Gasteiger partial charge < -0.3 is 10.4 Å². The number of hydrogen-bond donors (Lipinski definition) is 2. The zero-order valence-corrected chi connectivity index (χ0v) is 16.0. The van der Waals surface area contributed by atoms with Crippen LogP contribution < -0.4 is 10.9 Å². The van der Waals surface area contributed by atoms with E-state index in [0.717, 1.165) is 5.69 Å². The second-order valence-electron chi connectivity index (χ2n) is 5.53. The van der Waals surface area contributed by atoms with Gasteiger partial charge in [-0.05, 0) is 52.3 Å². The fourth-order valence-electron chi connectivity index (χ4n) is 2.38. The molecule has 130 valence electrons. The number of nitrogens with zero attached hydrogens (tertiary/aromatic N) is 2. The summed E-state index contributed by atoms with van der Waals surface area (Å²) in [6.45, 7) is 0.406. The van der Waals surface area contributed by atoms with Crippen LogP contribution >= 0.6 is 39.1 Å². The van der Waals surface area contributed by atoms with Crippen molar-refractivity contribution in [3.8, 4) is 0 Å². The molecule has 0 saturated heterocycles. The zero-order chi connectivity index (χ0) is 18.0. The van der Waals surface area contributed by atoms with E-state index in [1.54, 1.807) is 24.3 Å². The molecule has 1 atom stereocenters. The Labute approximate surface area is 162 Å². The summed E-state index contributed by atoms with van der Waals surface area (Å²) in [7, 11) is 0. The van der Waals surface area contributed by atoms with Crippen molar-refractivity contribution < 1.29 is 5.11 Å². The van der Waals surface area contributed by atoms with E-state index in [4.69, 9.17) is 23.2 Å². The van der Waals surface area contributed by atoms with Gasteiger partial charge in [0.05, 0.1) is 34.9 Å². The van der Waals surface area contributed by atoms with Gasteiger partial charge in [-0.15, -0.1) is 0 Å². The van der Waals surface area contributed by atoms with Crippen LogP contribution in [0.1, 0.15) is 0 Å². The number of nitrogens with one attached hydrogen (secondary N) is 1. The van der Waals surface area contributed by atoms with Crippen molar-refractivity contribution in [1.82, 2.24) is 9.55 Å². The third-order valence-electron chi connectivity index (χ3n) is 3.66. The van der Waals surface area contributed by atoms with E-state index >= 15 is 0 Å². The summed E-state index contributed by atoms with van der Waals surface area (Å²) in [6.07, 6.45) is 0.662. The molecule has 1 unspecified atom stereocenters. The number of aliphatic hydroxyl groups excluding tert-OH is 1. The maximum atomic E-state index is 12.5. The van der Waals surface area contributed by atoms with Crippen LogP contribution in [0.5, 0.6) is 0 Å². The third-order valence-corrected chi connectivity index (χ3v) is 5.11. The van der Waals surface area contributed by atoms with Gasteiger partial charge in [-0.2, -0.15) is 0 Å². The molecule has 0 radical (unpaired) electrons. The normalized spacial score (nSPS) is 12.3. The average Bonchev–Trinajstić information content (AvgIpc) is 2.59. The average molecular weight is 443 g/mol. The first-order chi connectivity index (χ1) is 11.9. The van der Waals surface area contributed by atoms with Gasteiger partial charge in [-0.25, -0.2) is 4.98 Å². The van der Waals surface area contributed by atoms with Crippen LogP contribution in [0.3, 0.4) is 0 Å². The summed E-state index contributed by atoms with van der Waals surface area (Å²) in [4.78, 5) is 16.8. The van der Waals surface area contributed by atoms with Crippen LogP contribution in [-0.2, 0) is 6.54 Å². The number of benzene rings is 2. The number of fused-ring (bicyclic) bond motifs is 1. The van der Waals surface area contributed by atoms with Gasteiger partial charge in [0.2, 0.25) is 0 Å². The van der Waals surface area contributed by atoms with E-state index in [1.807, 2.05) is 12.1 Å². The standard InChI is InChI=1S/C17H14BrCl2N3O2/c18-14-6-16-13(5-15(14)20)17(25)23(9-22-16)8-12(24)7-21-11-3-1-10(19)2-4-11/h1-6,9,12,21,24H,7-8H2.